The average Bonchev–Trinajstić information content (AvgIpc) is 3.14. The van der Waals surface area contributed by atoms with E-state index >= 15 is 0 Å². The molecule has 2 N–H and O–H groups in total. The fourth-order valence-electron chi connectivity index (χ4n) is 3.07. The second-order valence-electron chi connectivity index (χ2n) is 6.65. The van der Waals surface area contributed by atoms with E-state index in [1.807, 2.05) is 44.2 Å². The van der Waals surface area contributed by atoms with Crippen LogP contribution >= 0.6 is 0 Å². The molecule has 2 aromatic rings. The van der Waals surface area contributed by atoms with Crippen molar-refractivity contribution in [1.29, 1.82) is 5.26 Å². The first-order valence-corrected chi connectivity index (χ1v) is 9.07. The molecule has 0 heterocycles. The van der Waals surface area contributed by atoms with Crippen LogP contribution in [0.3, 0.4) is 0 Å². The molecule has 0 atom stereocenters. The zero-order chi connectivity index (χ0) is 21.0. The van der Waals surface area contributed by atoms with Gasteiger partial charge in [-0.25, -0.2) is 4.79 Å². The number of carbonyl (C=O) groups is 1. The Balaban J connectivity index is 1.78. The van der Waals surface area contributed by atoms with Crippen molar-refractivity contribution in [3.05, 3.63) is 70.3 Å². The number of hydrogen-bond acceptors (Lipinski definition) is 6. The van der Waals surface area contributed by atoms with Crippen molar-refractivity contribution in [3.8, 4) is 11.8 Å². The number of hydrogen-bond donors (Lipinski definition) is 1. The maximum absolute atomic E-state index is 12.3. The Labute approximate surface area is 169 Å². The SMILES string of the molecule is COC1=CCc2c1cccc2/C(N)=N\OC(=O)c1ccc(OC(C)C)c(C#N)c1. The molecule has 0 bridgehead atoms. The van der Waals surface area contributed by atoms with Gasteiger partial charge in [-0.3, -0.25) is 0 Å². The number of carbonyl (C=O) groups excluding carboxylic acids is 1. The molecule has 0 unspecified atom stereocenters. The smallest absolute Gasteiger partial charge is 0.365 e. The van der Waals surface area contributed by atoms with Gasteiger partial charge in [0, 0.05) is 11.1 Å². The molecule has 1 aliphatic rings. The number of nitrogens with zero attached hydrogens (tertiary/aromatic N) is 2. The van der Waals surface area contributed by atoms with Gasteiger partial charge in [0.05, 0.1) is 24.3 Å². The standard InChI is InChI=1S/C22H21N3O4/c1-13(2)28-19-9-7-14(11-15(19)12-23)22(26)29-25-21(24)18-6-4-5-17-16(18)8-10-20(17)27-3/h4-7,9-11,13H,8H2,1-3H3,(H2,24,25). The minimum Gasteiger partial charge on any atom is -0.496 e. The van der Waals surface area contributed by atoms with Gasteiger partial charge in [-0.2, -0.15) is 5.26 Å². The van der Waals surface area contributed by atoms with Gasteiger partial charge in [-0.15, -0.1) is 0 Å². The molecule has 3 rings (SSSR count). The predicted octanol–water partition coefficient (Wildman–Crippen LogP) is 3.37. The summed E-state index contributed by atoms with van der Waals surface area (Å²) in [6.07, 6.45) is 2.52. The Hall–Kier alpha value is -3.79. The maximum atomic E-state index is 12.3. The number of oxime groups is 1. The second-order valence-corrected chi connectivity index (χ2v) is 6.65. The molecule has 0 radical (unpaired) electrons. The minimum atomic E-state index is -0.719. The molecule has 0 aromatic heterocycles. The molecule has 0 saturated heterocycles. The average molecular weight is 391 g/mol. The minimum absolute atomic E-state index is 0.0845. The molecule has 0 saturated carbocycles. The topological polar surface area (TPSA) is 107 Å². The van der Waals surface area contributed by atoms with Crippen LogP contribution in [0.15, 0.2) is 47.6 Å². The highest BCUT2D eigenvalue weighted by atomic mass is 16.7. The van der Waals surface area contributed by atoms with E-state index in [1.54, 1.807) is 13.2 Å². The molecule has 1 aliphatic carbocycles. The fraction of sp³-hybridized carbons (Fsp3) is 0.227. The van der Waals surface area contributed by atoms with Crippen LogP contribution in [0, 0.1) is 11.3 Å². The lowest BCUT2D eigenvalue weighted by molar-refractivity contribution is 0.0516. The van der Waals surface area contributed by atoms with Crippen molar-refractivity contribution in [2.45, 2.75) is 26.4 Å². The van der Waals surface area contributed by atoms with E-state index in [0.29, 0.717) is 17.7 Å². The first-order chi connectivity index (χ1) is 13.9. The Morgan fingerprint density at radius 1 is 1.28 bits per heavy atom. The van der Waals surface area contributed by atoms with Gasteiger partial charge in [0.25, 0.3) is 0 Å². The quantitative estimate of drug-likeness (QED) is 0.350. The summed E-state index contributed by atoms with van der Waals surface area (Å²) >= 11 is 0. The third-order valence-corrected chi connectivity index (χ3v) is 4.35. The van der Waals surface area contributed by atoms with E-state index in [4.69, 9.17) is 20.0 Å². The van der Waals surface area contributed by atoms with Crippen LogP contribution in [0.1, 0.15) is 46.5 Å². The summed E-state index contributed by atoms with van der Waals surface area (Å²) in [6, 6.07) is 12.1. The number of benzene rings is 2. The van der Waals surface area contributed by atoms with Crippen molar-refractivity contribution >= 4 is 17.6 Å². The summed E-state index contributed by atoms with van der Waals surface area (Å²) in [5.74, 6) is 0.549. The molecule has 2 aromatic carbocycles. The number of allylic oxidation sites excluding steroid dienone is 1. The van der Waals surface area contributed by atoms with Gasteiger partial charge in [-0.1, -0.05) is 23.4 Å². The molecule has 0 aliphatic heterocycles. The number of fused-ring (bicyclic) bond motifs is 1. The van der Waals surface area contributed by atoms with Crippen LogP contribution < -0.4 is 10.5 Å². The highest BCUT2D eigenvalue weighted by molar-refractivity contribution is 6.01. The van der Waals surface area contributed by atoms with Crippen molar-refractivity contribution in [2.75, 3.05) is 7.11 Å². The lowest BCUT2D eigenvalue weighted by Gasteiger charge is -2.11. The van der Waals surface area contributed by atoms with Gasteiger partial charge in [0.2, 0.25) is 0 Å². The molecule has 0 fully saturated rings. The van der Waals surface area contributed by atoms with E-state index in [0.717, 1.165) is 16.9 Å². The summed E-state index contributed by atoms with van der Waals surface area (Å²) in [5.41, 5.74) is 9.05. The van der Waals surface area contributed by atoms with Crippen LogP contribution in [0.2, 0.25) is 0 Å². The largest absolute Gasteiger partial charge is 0.496 e. The van der Waals surface area contributed by atoms with E-state index in [1.165, 1.54) is 12.1 Å². The summed E-state index contributed by atoms with van der Waals surface area (Å²) in [4.78, 5) is 17.4. The van der Waals surface area contributed by atoms with Gasteiger partial charge in [-0.05, 0) is 50.1 Å². The van der Waals surface area contributed by atoms with Crippen LogP contribution in [-0.4, -0.2) is 25.0 Å². The van der Waals surface area contributed by atoms with Gasteiger partial charge < -0.3 is 20.0 Å². The number of amidine groups is 1. The van der Waals surface area contributed by atoms with E-state index in [2.05, 4.69) is 5.16 Å². The summed E-state index contributed by atoms with van der Waals surface area (Å²) in [5, 5.41) is 13.1. The monoisotopic (exact) mass is 391 g/mol. The van der Waals surface area contributed by atoms with Crippen LogP contribution in [0.25, 0.3) is 5.76 Å². The zero-order valence-electron chi connectivity index (χ0n) is 16.4. The molecular weight excluding hydrogens is 370 g/mol. The Morgan fingerprint density at radius 3 is 2.76 bits per heavy atom. The second kappa shape index (κ2) is 8.48. The van der Waals surface area contributed by atoms with E-state index < -0.39 is 5.97 Å². The lowest BCUT2D eigenvalue weighted by atomic mass is 10.0. The highest BCUT2D eigenvalue weighted by Gasteiger charge is 2.20. The molecule has 148 valence electrons. The number of nitriles is 1. The van der Waals surface area contributed by atoms with Crippen LogP contribution in [0.4, 0.5) is 0 Å². The predicted molar refractivity (Wildman–Crippen MR) is 108 cm³/mol. The zero-order valence-corrected chi connectivity index (χ0v) is 16.4. The first-order valence-electron chi connectivity index (χ1n) is 9.07. The number of rotatable bonds is 6. The van der Waals surface area contributed by atoms with Crippen molar-refractivity contribution in [3.63, 3.8) is 0 Å². The first kappa shape index (κ1) is 20.0. The van der Waals surface area contributed by atoms with Crippen LogP contribution in [0.5, 0.6) is 5.75 Å². The number of nitrogens with two attached hydrogens (primary N) is 1. The highest BCUT2D eigenvalue weighted by Crippen LogP contribution is 2.30. The maximum Gasteiger partial charge on any atom is 0.365 e. The summed E-state index contributed by atoms with van der Waals surface area (Å²) in [6.45, 7) is 3.71. The van der Waals surface area contributed by atoms with Gasteiger partial charge in [0.15, 0.2) is 5.84 Å². The number of ether oxygens (including phenoxy) is 2. The van der Waals surface area contributed by atoms with E-state index in [9.17, 15) is 10.1 Å². The van der Waals surface area contributed by atoms with Gasteiger partial charge >= 0.3 is 5.97 Å². The number of methoxy groups -OCH3 is 1. The summed E-state index contributed by atoms with van der Waals surface area (Å²) in [7, 11) is 1.61. The van der Waals surface area contributed by atoms with Gasteiger partial charge in [0.1, 0.15) is 17.6 Å². The Kier molecular flexibility index (Phi) is 5.84. The van der Waals surface area contributed by atoms with E-state index in [-0.39, 0.29) is 23.1 Å². The Morgan fingerprint density at radius 2 is 2.07 bits per heavy atom. The van der Waals surface area contributed by atoms with Crippen molar-refractivity contribution in [2.24, 2.45) is 10.9 Å². The molecule has 7 heteroatoms. The molecular formula is C22H21N3O4. The normalized spacial score (nSPS) is 12.8. The third-order valence-electron chi connectivity index (χ3n) is 4.35. The Bertz CT molecular complexity index is 1050. The molecule has 0 spiro atoms. The summed E-state index contributed by atoms with van der Waals surface area (Å²) < 4.78 is 10.9. The van der Waals surface area contributed by atoms with Crippen molar-refractivity contribution in [1.82, 2.24) is 0 Å². The molecule has 0 amide bonds. The van der Waals surface area contributed by atoms with Crippen molar-refractivity contribution < 1.29 is 19.1 Å². The third kappa shape index (κ3) is 4.22. The molecule has 29 heavy (non-hydrogen) atoms. The van der Waals surface area contributed by atoms with Crippen LogP contribution in [-0.2, 0) is 16.0 Å². The molecule has 7 nitrogen and oxygen atoms in total. The lowest BCUT2D eigenvalue weighted by Crippen LogP contribution is -2.17. The fourth-order valence-corrected chi connectivity index (χ4v) is 3.07.